The van der Waals surface area contributed by atoms with Crippen LogP contribution in [-0.4, -0.2) is 23.3 Å². The minimum absolute atomic E-state index is 0.108. The Kier molecular flexibility index (Phi) is 10.6. The molecule has 0 unspecified atom stereocenters. The lowest BCUT2D eigenvalue weighted by Crippen LogP contribution is -2.18. The second-order valence-corrected chi connectivity index (χ2v) is 10.8. The maximum absolute atomic E-state index is 13.1. The molecular formula is C37H38N2O3. The summed E-state index contributed by atoms with van der Waals surface area (Å²) in [5.74, 6) is 0.741. The van der Waals surface area contributed by atoms with Crippen LogP contribution in [0.1, 0.15) is 77.7 Å². The van der Waals surface area contributed by atoms with Crippen LogP contribution in [-0.2, 0) is 11.2 Å². The van der Waals surface area contributed by atoms with Crippen LogP contribution in [0.4, 0.5) is 5.69 Å². The summed E-state index contributed by atoms with van der Waals surface area (Å²) in [7, 11) is 0. The molecule has 1 aromatic heterocycles. The van der Waals surface area contributed by atoms with Crippen LogP contribution in [0.15, 0.2) is 103 Å². The summed E-state index contributed by atoms with van der Waals surface area (Å²) in [6.45, 7) is 8.86. The molecule has 0 radical (unpaired) electrons. The quantitative estimate of drug-likeness (QED) is 0.140. The van der Waals surface area contributed by atoms with Crippen LogP contribution in [0.3, 0.4) is 0 Å². The number of amides is 1. The highest BCUT2D eigenvalue weighted by atomic mass is 16.5. The number of ketones is 1. The van der Waals surface area contributed by atoms with E-state index < -0.39 is 0 Å². The number of para-hydroxylation sites is 1. The molecule has 214 valence electrons. The first-order valence-electron chi connectivity index (χ1n) is 14.3. The largest absolute Gasteiger partial charge is 0.473 e. The molecule has 0 atom stereocenters. The molecule has 0 aliphatic rings. The van der Waals surface area contributed by atoms with Gasteiger partial charge >= 0.3 is 0 Å². The standard InChI is InChI=1S/C37H38N2O3/c1-26(2)32-18-9-19-33(27(3)4)36(32)39-35(41)25-29-14-8-16-31(24-29)34(40)21-20-30-17-10-22-38-37(30)42-23-11-15-28-12-6-5-7-13-28/h5-22,24,26-27H,23,25H2,1-4H3,(H,39,41). The summed E-state index contributed by atoms with van der Waals surface area (Å²) in [4.78, 5) is 30.5. The zero-order valence-electron chi connectivity index (χ0n) is 24.7. The van der Waals surface area contributed by atoms with Gasteiger partial charge in [-0.2, -0.15) is 0 Å². The summed E-state index contributed by atoms with van der Waals surface area (Å²) in [5.41, 5.74) is 6.22. The van der Waals surface area contributed by atoms with E-state index in [2.05, 4.69) is 50.1 Å². The zero-order chi connectivity index (χ0) is 29.9. The third kappa shape index (κ3) is 8.37. The lowest BCUT2D eigenvalue weighted by molar-refractivity contribution is -0.115. The molecule has 42 heavy (non-hydrogen) atoms. The van der Waals surface area contributed by atoms with Crippen molar-refractivity contribution in [3.63, 3.8) is 0 Å². The molecule has 0 aliphatic carbocycles. The van der Waals surface area contributed by atoms with Gasteiger partial charge in [-0.15, -0.1) is 0 Å². The van der Waals surface area contributed by atoms with Crippen LogP contribution in [0.5, 0.6) is 5.88 Å². The van der Waals surface area contributed by atoms with Crippen molar-refractivity contribution < 1.29 is 14.3 Å². The Morgan fingerprint density at radius 1 is 0.833 bits per heavy atom. The van der Waals surface area contributed by atoms with Crippen LogP contribution >= 0.6 is 0 Å². The molecule has 4 aromatic rings. The van der Waals surface area contributed by atoms with E-state index in [1.807, 2.05) is 66.7 Å². The average molecular weight is 559 g/mol. The fraction of sp³-hybridized carbons (Fsp3) is 0.216. The fourth-order valence-electron chi connectivity index (χ4n) is 4.69. The summed E-state index contributed by atoms with van der Waals surface area (Å²) in [5, 5.41) is 3.16. The number of benzene rings is 3. The summed E-state index contributed by atoms with van der Waals surface area (Å²) < 4.78 is 5.85. The second-order valence-electron chi connectivity index (χ2n) is 10.8. The summed E-state index contributed by atoms with van der Waals surface area (Å²) in [6.07, 6.45) is 8.97. The van der Waals surface area contributed by atoms with Gasteiger partial charge in [-0.25, -0.2) is 4.98 Å². The Morgan fingerprint density at radius 3 is 2.26 bits per heavy atom. The van der Waals surface area contributed by atoms with Gasteiger partial charge in [-0.05, 0) is 70.5 Å². The van der Waals surface area contributed by atoms with Crippen LogP contribution < -0.4 is 10.1 Å². The van der Waals surface area contributed by atoms with Crippen molar-refractivity contribution in [1.29, 1.82) is 0 Å². The molecule has 5 nitrogen and oxygen atoms in total. The lowest BCUT2D eigenvalue weighted by Gasteiger charge is -2.20. The second kappa shape index (κ2) is 14.7. The Hall–Kier alpha value is -4.77. The van der Waals surface area contributed by atoms with Gasteiger partial charge < -0.3 is 10.1 Å². The van der Waals surface area contributed by atoms with E-state index in [0.717, 1.165) is 27.9 Å². The minimum atomic E-state index is -0.164. The van der Waals surface area contributed by atoms with E-state index in [0.29, 0.717) is 23.6 Å². The zero-order valence-corrected chi connectivity index (χ0v) is 24.7. The highest BCUT2D eigenvalue weighted by molar-refractivity contribution is 6.07. The maximum atomic E-state index is 13.1. The van der Waals surface area contributed by atoms with Gasteiger partial charge in [0.2, 0.25) is 11.8 Å². The van der Waals surface area contributed by atoms with E-state index in [4.69, 9.17) is 4.74 Å². The number of rotatable bonds is 12. The van der Waals surface area contributed by atoms with Crippen molar-refractivity contribution in [2.45, 2.75) is 46.0 Å². The van der Waals surface area contributed by atoms with Crippen molar-refractivity contribution in [1.82, 2.24) is 4.98 Å². The highest BCUT2D eigenvalue weighted by Gasteiger charge is 2.16. The van der Waals surface area contributed by atoms with Crippen LogP contribution in [0.2, 0.25) is 0 Å². The molecule has 1 heterocycles. The van der Waals surface area contributed by atoms with Crippen LogP contribution in [0.25, 0.3) is 12.2 Å². The monoisotopic (exact) mass is 558 g/mol. The molecular weight excluding hydrogens is 520 g/mol. The average Bonchev–Trinajstić information content (AvgIpc) is 2.99. The molecule has 0 fully saturated rings. The normalized spacial score (nSPS) is 11.5. The fourth-order valence-corrected chi connectivity index (χ4v) is 4.69. The number of carbonyl (C=O) groups is 2. The molecule has 0 bridgehead atoms. The molecule has 0 aliphatic heterocycles. The van der Waals surface area contributed by atoms with E-state index in [-0.39, 0.29) is 29.9 Å². The molecule has 0 saturated carbocycles. The third-order valence-corrected chi connectivity index (χ3v) is 6.85. The molecule has 0 spiro atoms. The molecule has 0 saturated heterocycles. The van der Waals surface area contributed by atoms with E-state index >= 15 is 0 Å². The van der Waals surface area contributed by atoms with Gasteiger partial charge in [0.05, 0.1) is 6.42 Å². The first kappa shape index (κ1) is 30.2. The number of allylic oxidation sites excluding steroid dienone is 1. The first-order valence-corrected chi connectivity index (χ1v) is 14.3. The Bertz CT molecular complexity index is 1540. The molecule has 5 heteroatoms. The molecule has 4 rings (SSSR count). The number of hydrogen-bond acceptors (Lipinski definition) is 4. The van der Waals surface area contributed by atoms with Crippen molar-refractivity contribution in [2.75, 3.05) is 11.9 Å². The highest BCUT2D eigenvalue weighted by Crippen LogP contribution is 2.32. The van der Waals surface area contributed by atoms with Gasteiger partial charge in [0, 0.05) is 23.0 Å². The molecule has 3 aromatic carbocycles. The van der Waals surface area contributed by atoms with Crippen molar-refractivity contribution >= 4 is 29.5 Å². The SMILES string of the molecule is CC(C)c1cccc(C(C)C)c1NC(=O)Cc1cccc(C(=O)C=Cc2cccnc2OCC=Cc2ccccc2)c1. The van der Waals surface area contributed by atoms with E-state index in [1.54, 1.807) is 30.5 Å². The maximum Gasteiger partial charge on any atom is 0.228 e. The van der Waals surface area contributed by atoms with Gasteiger partial charge in [0.15, 0.2) is 5.78 Å². The predicted molar refractivity (Wildman–Crippen MR) is 172 cm³/mol. The Balaban J connectivity index is 1.41. The minimum Gasteiger partial charge on any atom is -0.473 e. The third-order valence-electron chi connectivity index (χ3n) is 6.85. The summed E-state index contributed by atoms with van der Waals surface area (Å²) >= 11 is 0. The van der Waals surface area contributed by atoms with Gasteiger partial charge in [-0.3, -0.25) is 9.59 Å². The number of ether oxygens (including phenoxy) is 1. The van der Waals surface area contributed by atoms with E-state index in [1.165, 1.54) is 6.08 Å². The topological polar surface area (TPSA) is 68.3 Å². The van der Waals surface area contributed by atoms with Crippen molar-refractivity contribution in [3.05, 3.63) is 137 Å². The van der Waals surface area contributed by atoms with Gasteiger partial charge in [-0.1, -0.05) is 101 Å². The number of carbonyl (C=O) groups excluding carboxylic acids is 2. The number of nitrogens with zero attached hydrogens (tertiary/aromatic N) is 1. The molecule has 1 amide bonds. The Morgan fingerprint density at radius 2 is 1.55 bits per heavy atom. The predicted octanol–water partition coefficient (Wildman–Crippen LogP) is 8.50. The van der Waals surface area contributed by atoms with Gasteiger partial charge in [0.25, 0.3) is 0 Å². The van der Waals surface area contributed by atoms with E-state index in [9.17, 15) is 9.59 Å². The number of aromatic nitrogens is 1. The van der Waals surface area contributed by atoms with Crippen molar-refractivity contribution in [2.24, 2.45) is 0 Å². The number of nitrogens with one attached hydrogen (secondary N) is 1. The lowest BCUT2D eigenvalue weighted by atomic mass is 9.92. The Labute approximate surface area is 249 Å². The van der Waals surface area contributed by atoms with Crippen molar-refractivity contribution in [3.8, 4) is 5.88 Å². The summed E-state index contributed by atoms with van der Waals surface area (Å²) in [6, 6.07) is 27.0. The van der Waals surface area contributed by atoms with Crippen LogP contribution in [0, 0.1) is 0 Å². The molecule has 1 N–H and O–H groups in total. The number of anilines is 1. The van der Waals surface area contributed by atoms with Gasteiger partial charge in [0.1, 0.15) is 6.61 Å². The number of hydrogen-bond donors (Lipinski definition) is 1. The first-order chi connectivity index (χ1) is 20.3. The number of pyridine rings is 1. The smallest absolute Gasteiger partial charge is 0.228 e.